The molecule has 0 saturated carbocycles. The van der Waals surface area contributed by atoms with Crippen LogP contribution in [0.1, 0.15) is 60.7 Å². The average Bonchev–Trinajstić information content (AvgIpc) is 3.83. The van der Waals surface area contributed by atoms with E-state index in [0.717, 1.165) is 11.6 Å². The van der Waals surface area contributed by atoms with Crippen molar-refractivity contribution < 1.29 is 32.1 Å². The normalized spacial score (nSPS) is 24.6. The van der Waals surface area contributed by atoms with Gasteiger partial charge in [0.1, 0.15) is 46.3 Å². The van der Waals surface area contributed by atoms with Crippen molar-refractivity contribution in [3.8, 4) is 16.4 Å². The number of hydrogen-bond acceptors (Lipinski definition) is 9. The van der Waals surface area contributed by atoms with E-state index >= 15 is 0 Å². The van der Waals surface area contributed by atoms with E-state index in [0.29, 0.717) is 27.2 Å². The highest BCUT2D eigenvalue weighted by atomic mass is 35.5. The van der Waals surface area contributed by atoms with Crippen LogP contribution < -0.4 is 0 Å². The second-order valence-electron chi connectivity index (χ2n) is 11.7. The minimum Gasteiger partial charge on any atom is -0.376 e. The van der Waals surface area contributed by atoms with Crippen LogP contribution in [-0.2, 0) is 25.1 Å². The lowest BCUT2D eigenvalue weighted by Gasteiger charge is -2.49. The van der Waals surface area contributed by atoms with Gasteiger partial charge in [0.2, 0.25) is 0 Å². The Morgan fingerprint density at radius 3 is 2.54 bits per heavy atom. The van der Waals surface area contributed by atoms with Crippen LogP contribution in [0.3, 0.4) is 0 Å². The summed E-state index contributed by atoms with van der Waals surface area (Å²) in [5, 5.41) is 16.2. The second-order valence-corrected chi connectivity index (χ2v) is 13.4. The van der Waals surface area contributed by atoms with E-state index < -0.39 is 48.5 Å². The Morgan fingerprint density at radius 2 is 1.85 bits per heavy atom. The molecule has 16 heteroatoms. The number of ether oxygens (including phenoxy) is 4. The van der Waals surface area contributed by atoms with E-state index in [4.69, 9.17) is 42.1 Å². The van der Waals surface area contributed by atoms with Crippen LogP contribution in [0, 0.1) is 0 Å². The highest BCUT2D eigenvalue weighted by Crippen LogP contribution is 2.47. The monoisotopic (exact) mass is 720 g/mol. The largest absolute Gasteiger partial charge is 0.418 e. The van der Waals surface area contributed by atoms with Crippen LogP contribution in [-0.4, -0.2) is 61.8 Å². The first kappa shape index (κ1) is 33.1. The molecule has 0 spiro atoms. The van der Waals surface area contributed by atoms with Crippen LogP contribution in [0.5, 0.6) is 0 Å². The Bertz CT molecular complexity index is 1900. The van der Waals surface area contributed by atoms with Crippen molar-refractivity contribution in [3.63, 3.8) is 0 Å². The predicted octanol–water partition coefficient (Wildman–Crippen LogP) is 7.85. The molecule has 2 fully saturated rings. The van der Waals surface area contributed by atoms with Gasteiger partial charge in [0, 0.05) is 23.1 Å². The Hall–Kier alpha value is -3.37. The molecule has 2 aromatic carbocycles. The Kier molecular flexibility index (Phi) is 9.08. The molecule has 2 aliphatic rings. The molecule has 5 heterocycles. The first-order valence-electron chi connectivity index (χ1n) is 15.0. The van der Waals surface area contributed by atoms with Gasteiger partial charge in [-0.15, -0.1) is 16.4 Å². The number of alkyl halides is 3. The smallest absolute Gasteiger partial charge is 0.376 e. The highest BCUT2D eigenvalue weighted by Gasteiger charge is 2.53. The molecule has 0 amide bonds. The molecule has 3 aromatic heterocycles. The van der Waals surface area contributed by atoms with Gasteiger partial charge in [-0.2, -0.15) is 18.3 Å². The lowest BCUT2D eigenvalue weighted by atomic mass is 9.89. The number of halogens is 5. The molecule has 252 valence electrons. The van der Waals surface area contributed by atoms with Crippen molar-refractivity contribution in [2.24, 2.45) is 0 Å². The molecule has 7 rings (SSSR count). The lowest BCUT2D eigenvalue weighted by molar-refractivity contribution is -0.320. The first-order chi connectivity index (χ1) is 23.0. The third-order valence-electron chi connectivity index (χ3n) is 8.34. The van der Waals surface area contributed by atoms with E-state index in [9.17, 15) is 13.2 Å². The van der Waals surface area contributed by atoms with Gasteiger partial charge >= 0.3 is 6.18 Å². The molecule has 48 heavy (non-hydrogen) atoms. The average molecular weight is 722 g/mol. The SMILES string of the molecule is COC1[C@@H](n2cc(-c3nc(Cl)cs3)nn2)[C@H]2OC(c3ccccc3)OCC2O[C@H]1c1cc(C(C)C)nn1-c1cc(Cl)ccc1C(F)(F)F. The highest BCUT2D eigenvalue weighted by molar-refractivity contribution is 7.13. The third-order valence-corrected chi connectivity index (χ3v) is 9.76. The van der Waals surface area contributed by atoms with Gasteiger partial charge in [0.25, 0.3) is 0 Å². The number of rotatable bonds is 7. The Morgan fingerprint density at radius 1 is 1.06 bits per heavy atom. The molecule has 2 aliphatic heterocycles. The number of hydrogen-bond donors (Lipinski definition) is 0. The molecule has 0 N–H and O–H groups in total. The Labute approximate surface area is 287 Å². The van der Waals surface area contributed by atoms with E-state index in [-0.39, 0.29) is 23.2 Å². The topological polar surface area (TPSA) is 98.3 Å². The van der Waals surface area contributed by atoms with Crippen molar-refractivity contribution in [3.05, 3.63) is 98.9 Å². The van der Waals surface area contributed by atoms with Gasteiger partial charge in [-0.25, -0.2) is 14.3 Å². The van der Waals surface area contributed by atoms with Crippen molar-refractivity contribution in [1.29, 1.82) is 0 Å². The summed E-state index contributed by atoms with van der Waals surface area (Å²) >= 11 is 13.7. The lowest BCUT2D eigenvalue weighted by Crippen LogP contribution is -2.57. The summed E-state index contributed by atoms with van der Waals surface area (Å²) < 4.78 is 71.5. The van der Waals surface area contributed by atoms with Crippen molar-refractivity contribution >= 4 is 34.5 Å². The number of fused-ring (bicyclic) bond motifs is 1. The van der Waals surface area contributed by atoms with Crippen LogP contribution in [0.4, 0.5) is 13.2 Å². The van der Waals surface area contributed by atoms with E-state index in [1.165, 1.54) is 35.3 Å². The Balaban J connectivity index is 1.36. The summed E-state index contributed by atoms with van der Waals surface area (Å²) in [6.07, 6.45) is -6.83. The summed E-state index contributed by atoms with van der Waals surface area (Å²) in [6.45, 7) is 3.93. The van der Waals surface area contributed by atoms with Gasteiger partial charge < -0.3 is 18.9 Å². The summed E-state index contributed by atoms with van der Waals surface area (Å²) in [7, 11) is 1.51. The van der Waals surface area contributed by atoms with Gasteiger partial charge in [0.15, 0.2) is 6.29 Å². The van der Waals surface area contributed by atoms with Gasteiger partial charge in [-0.1, -0.05) is 72.6 Å². The molecular formula is C32H29Cl2F3N6O4S. The zero-order valence-corrected chi connectivity index (χ0v) is 28.0. The van der Waals surface area contributed by atoms with Crippen LogP contribution in [0.15, 0.2) is 66.2 Å². The maximum Gasteiger partial charge on any atom is 0.418 e. The molecule has 0 aliphatic carbocycles. The summed E-state index contributed by atoms with van der Waals surface area (Å²) in [6, 6.07) is 13.9. The van der Waals surface area contributed by atoms with Crippen LogP contribution in [0.25, 0.3) is 16.4 Å². The first-order valence-corrected chi connectivity index (χ1v) is 16.7. The van der Waals surface area contributed by atoms with Crippen LogP contribution in [0.2, 0.25) is 10.2 Å². The number of aromatic nitrogens is 6. The fraction of sp³-hybridized carbons (Fsp3) is 0.375. The molecule has 6 atom stereocenters. The summed E-state index contributed by atoms with van der Waals surface area (Å²) in [5.74, 6) is -0.123. The predicted molar refractivity (Wildman–Crippen MR) is 171 cm³/mol. The second kappa shape index (κ2) is 13.2. The van der Waals surface area contributed by atoms with Crippen molar-refractivity contribution in [2.45, 2.75) is 62.7 Å². The molecular weight excluding hydrogens is 692 g/mol. The standard InChI is InChI=1S/C32H29Cl2F3N6O4S/c1-16(2)20-12-23(43(40-20)22-11-18(33)9-10-19(22)32(35,36)37)27-29(44-3)26(42-13-21(39-41-42)30-38-25(34)15-48-30)28-24(46-27)14-45-31(47-28)17-7-5-4-6-8-17/h4-13,15-16,24,26-29,31H,14H2,1-3H3/t24?,26-,27-,28-,29?,31?/m0/s1. The maximum atomic E-state index is 14.4. The van der Waals surface area contributed by atoms with Gasteiger partial charge in [-0.3, -0.25) is 0 Å². The number of thiazole rings is 1. The van der Waals surface area contributed by atoms with E-state index in [2.05, 4.69) is 20.4 Å². The maximum absolute atomic E-state index is 14.4. The van der Waals surface area contributed by atoms with Crippen molar-refractivity contribution in [2.75, 3.05) is 13.7 Å². The summed E-state index contributed by atoms with van der Waals surface area (Å²) in [4.78, 5) is 4.32. The van der Waals surface area contributed by atoms with Crippen molar-refractivity contribution in [1.82, 2.24) is 29.8 Å². The van der Waals surface area contributed by atoms with E-state index in [1.807, 2.05) is 44.2 Å². The van der Waals surface area contributed by atoms with Crippen LogP contribution >= 0.6 is 34.5 Å². The van der Waals surface area contributed by atoms with Gasteiger partial charge in [-0.05, 0) is 30.2 Å². The molecule has 2 saturated heterocycles. The number of methoxy groups -OCH3 is 1. The fourth-order valence-electron chi connectivity index (χ4n) is 6.09. The molecule has 5 aromatic rings. The minimum absolute atomic E-state index is 0.118. The van der Waals surface area contributed by atoms with Gasteiger partial charge in [0.05, 0.1) is 35.4 Å². The number of nitrogens with zero attached hydrogens (tertiary/aromatic N) is 6. The van der Waals surface area contributed by atoms with E-state index in [1.54, 1.807) is 22.3 Å². The zero-order chi connectivity index (χ0) is 33.7. The molecule has 3 unspecified atom stereocenters. The third kappa shape index (κ3) is 6.26. The molecule has 0 radical (unpaired) electrons. The summed E-state index contributed by atoms with van der Waals surface area (Å²) in [5.41, 5.74) is 1.04. The number of benzene rings is 2. The zero-order valence-electron chi connectivity index (χ0n) is 25.7. The fourth-order valence-corrected chi connectivity index (χ4v) is 7.15. The molecule has 0 bridgehead atoms. The minimum atomic E-state index is -4.68. The molecule has 10 nitrogen and oxygen atoms in total. The quantitative estimate of drug-likeness (QED) is 0.168.